The zero-order valence-electron chi connectivity index (χ0n) is 17.8. The van der Waals surface area contributed by atoms with Crippen LogP contribution in [0.3, 0.4) is 0 Å². The van der Waals surface area contributed by atoms with Gasteiger partial charge in [-0.2, -0.15) is 0 Å². The SMILES string of the molecule is CC(C)(C)[Si](C)(C)OCC1(CO[Si](C)(C)C(C)(C)C)CCCC1=O. The summed E-state index contributed by atoms with van der Waals surface area (Å²) < 4.78 is 12.9. The summed E-state index contributed by atoms with van der Waals surface area (Å²) in [5, 5.41) is 0.326. The average Bonchev–Trinajstić information content (AvgIpc) is 2.74. The number of Topliss-reactive ketones (excluding diaryl/α,β-unsaturated/α-hetero) is 1. The first-order valence-corrected chi connectivity index (χ1v) is 15.2. The molecule has 5 heteroatoms. The van der Waals surface area contributed by atoms with E-state index in [0.29, 0.717) is 25.4 Å². The van der Waals surface area contributed by atoms with Gasteiger partial charge in [-0.15, -0.1) is 0 Å². The van der Waals surface area contributed by atoms with Crippen molar-refractivity contribution in [2.45, 2.75) is 97.1 Å². The van der Waals surface area contributed by atoms with Crippen LogP contribution >= 0.6 is 0 Å². The lowest BCUT2D eigenvalue weighted by Gasteiger charge is -2.42. The molecule has 1 saturated carbocycles. The molecule has 1 aliphatic rings. The van der Waals surface area contributed by atoms with Crippen molar-refractivity contribution in [3.8, 4) is 0 Å². The van der Waals surface area contributed by atoms with Gasteiger partial charge in [0.1, 0.15) is 5.78 Å². The summed E-state index contributed by atoms with van der Waals surface area (Å²) in [6.45, 7) is 23.6. The van der Waals surface area contributed by atoms with Crippen LogP contribution < -0.4 is 0 Å². The zero-order valence-corrected chi connectivity index (χ0v) is 19.8. The molecule has 142 valence electrons. The molecule has 0 heterocycles. The van der Waals surface area contributed by atoms with Gasteiger partial charge in [0.25, 0.3) is 0 Å². The number of carbonyl (C=O) groups is 1. The van der Waals surface area contributed by atoms with Crippen molar-refractivity contribution in [2.75, 3.05) is 13.2 Å². The Balaban J connectivity index is 2.88. The molecule has 0 unspecified atom stereocenters. The lowest BCUT2D eigenvalue weighted by molar-refractivity contribution is -0.129. The minimum atomic E-state index is -1.86. The number of rotatable bonds is 6. The molecular weight excluding hydrogens is 332 g/mol. The highest BCUT2D eigenvalue weighted by Crippen LogP contribution is 2.43. The molecule has 0 amide bonds. The topological polar surface area (TPSA) is 35.5 Å². The van der Waals surface area contributed by atoms with Crippen LogP contribution in [0.25, 0.3) is 0 Å². The van der Waals surface area contributed by atoms with Gasteiger partial charge in [-0.3, -0.25) is 4.79 Å². The maximum absolute atomic E-state index is 12.7. The maximum Gasteiger partial charge on any atom is 0.192 e. The van der Waals surface area contributed by atoms with E-state index in [1.54, 1.807) is 0 Å². The van der Waals surface area contributed by atoms with Gasteiger partial charge in [-0.1, -0.05) is 41.5 Å². The summed E-state index contributed by atoms with van der Waals surface area (Å²) in [5.41, 5.74) is -0.412. The molecule has 0 atom stereocenters. The summed E-state index contributed by atoms with van der Waals surface area (Å²) in [6.07, 6.45) is 2.57. The van der Waals surface area contributed by atoms with Crippen molar-refractivity contribution in [2.24, 2.45) is 5.41 Å². The fourth-order valence-corrected chi connectivity index (χ4v) is 4.55. The number of ketones is 1. The second-order valence-electron chi connectivity index (χ2n) is 10.7. The molecule has 0 bridgehead atoms. The molecule has 0 saturated heterocycles. The van der Waals surface area contributed by atoms with Crippen molar-refractivity contribution < 1.29 is 13.6 Å². The molecule has 24 heavy (non-hydrogen) atoms. The predicted molar refractivity (Wildman–Crippen MR) is 108 cm³/mol. The van der Waals surface area contributed by atoms with Gasteiger partial charge in [0.2, 0.25) is 0 Å². The molecule has 0 aromatic heterocycles. The van der Waals surface area contributed by atoms with E-state index in [1.165, 1.54) is 0 Å². The van der Waals surface area contributed by atoms with Crippen molar-refractivity contribution in [3.63, 3.8) is 0 Å². The maximum atomic E-state index is 12.7. The number of carbonyl (C=O) groups excluding carboxylic acids is 1. The Morgan fingerprint density at radius 2 is 1.25 bits per heavy atom. The molecule has 0 aromatic carbocycles. The van der Waals surface area contributed by atoms with Gasteiger partial charge in [-0.05, 0) is 49.1 Å². The minimum Gasteiger partial charge on any atom is -0.416 e. The molecule has 1 aliphatic carbocycles. The fourth-order valence-electron chi connectivity index (χ4n) is 2.41. The quantitative estimate of drug-likeness (QED) is 0.555. The van der Waals surface area contributed by atoms with Crippen LogP contribution in [-0.2, 0) is 13.6 Å². The molecule has 0 radical (unpaired) electrons. The van der Waals surface area contributed by atoms with E-state index >= 15 is 0 Å². The first kappa shape index (κ1) is 22.1. The third-order valence-electron chi connectivity index (χ3n) is 6.68. The molecule has 1 rings (SSSR count). The second-order valence-corrected chi connectivity index (χ2v) is 20.3. The van der Waals surface area contributed by atoms with Crippen molar-refractivity contribution in [3.05, 3.63) is 0 Å². The van der Waals surface area contributed by atoms with Gasteiger partial charge in [0, 0.05) is 19.6 Å². The summed E-state index contributed by atoms with van der Waals surface area (Å²) in [4.78, 5) is 12.7. The predicted octanol–water partition coefficient (Wildman–Crippen LogP) is 5.77. The third kappa shape index (κ3) is 4.80. The summed E-state index contributed by atoms with van der Waals surface area (Å²) in [7, 11) is -3.71. The number of hydrogen-bond acceptors (Lipinski definition) is 3. The lowest BCUT2D eigenvalue weighted by atomic mass is 9.87. The molecule has 0 spiro atoms. The van der Waals surface area contributed by atoms with E-state index in [-0.39, 0.29) is 10.1 Å². The van der Waals surface area contributed by atoms with E-state index in [2.05, 4.69) is 67.7 Å². The van der Waals surface area contributed by atoms with Crippen molar-refractivity contribution in [1.29, 1.82) is 0 Å². The first-order valence-electron chi connectivity index (χ1n) is 9.35. The molecule has 1 fully saturated rings. The molecule has 3 nitrogen and oxygen atoms in total. The Kier molecular flexibility index (Phi) is 6.41. The summed E-state index contributed by atoms with van der Waals surface area (Å²) in [6, 6.07) is 0. The van der Waals surface area contributed by atoms with Crippen LogP contribution in [0.15, 0.2) is 0 Å². The Bertz CT molecular complexity index is 426. The van der Waals surface area contributed by atoms with Crippen LogP contribution in [0.5, 0.6) is 0 Å². The zero-order chi connectivity index (χ0) is 19.0. The average molecular weight is 373 g/mol. The highest BCUT2D eigenvalue weighted by molar-refractivity contribution is 6.74. The van der Waals surface area contributed by atoms with Crippen molar-refractivity contribution >= 4 is 22.4 Å². The Morgan fingerprint density at radius 3 is 1.50 bits per heavy atom. The Labute approximate surface area is 152 Å². The first-order chi connectivity index (χ1) is 10.5. The van der Waals surface area contributed by atoms with Gasteiger partial charge in [-0.25, -0.2) is 0 Å². The van der Waals surface area contributed by atoms with Crippen LogP contribution in [0.1, 0.15) is 60.8 Å². The van der Waals surface area contributed by atoms with Gasteiger partial charge < -0.3 is 8.85 Å². The highest BCUT2D eigenvalue weighted by atomic mass is 28.4. The number of hydrogen-bond donors (Lipinski definition) is 0. The molecular formula is C19H40O3Si2. The highest BCUT2D eigenvalue weighted by Gasteiger charge is 2.48. The smallest absolute Gasteiger partial charge is 0.192 e. The van der Waals surface area contributed by atoms with Crippen LogP contribution in [0.4, 0.5) is 0 Å². The van der Waals surface area contributed by atoms with E-state index in [4.69, 9.17) is 8.85 Å². The van der Waals surface area contributed by atoms with Gasteiger partial charge in [0.05, 0.1) is 5.41 Å². The molecule has 0 N–H and O–H groups in total. The van der Waals surface area contributed by atoms with Crippen molar-refractivity contribution in [1.82, 2.24) is 0 Å². The Hall–Kier alpha value is 0.0238. The standard InChI is InChI=1S/C19H40O3Si2/c1-17(2,3)23(7,8)21-14-19(13-11-12-16(19)20)15-22-24(9,10)18(4,5)6/h11-15H2,1-10H3. The minimum absolute atomic E-state index is 0.163. The monoisotopic (exact) mass is 372 g/mol. The van der Waals surface area contributed by atoms with E-state index in [9.17, 15) is 4.79 Å². The normalized spacial score (nSPS) is 19.8. The van der Waals surface area contributed by atoms with Gasteiger partial charge in [0.15, 0.2) is 16.6 Å². The fraction of sp³-hybridized carbons (Fsp3) is 0.947. The largest absolute Gasteiger partial charge is 0.416 e. The molecule has 0 aromatic rings. The third-order valence-corrected chi connectivity index (χ3v) is 15.6. The second kappa shape index (κ2) is 6.97. The van der Waals surface area contributed by atoms with Crippen LogP contribution in [0, 0.1) is 5.41 Å². The Morgan fingerprint density at radius 1 is 0.875 bits per heavy atom. The summed E-state index contributed by atoms with van der Waals surface area (Å²) >= 11 is 0. The van der Waals surface area contributed by atoms with E-state index in [1.807, 2.05) is 0 Å². The van der Waals surface area contributed by atoms with E-state index in [0.717, 1.165) is 12.8 Å². The van der Waals surface area contributed by atoms with Gasteiger partial charge >= 0.3 is 0 Å². The molecule has 0 aliphatic heterocycles. The summed E-state index contributed by atoms with van der Waals surface area (Å²) in [5.74, 6) is 0.347. The van der Waals surface area contributed by atoms with Crippen LogP contribution in [0.2, 0.25) is 36.3 Å². The van der Waals surface area contributed by atoms with Crippen LogP contribution in [-0.4, -0.2) is 35.6 Å². The van der Waals surface area contributed by atoms with E-state index < -0.39 is 22.0 Å². The lowest BCUT2D eigenvalue weighted by Crippen LogP contribution is -2.49.